The van der Waals surface area contributed by atoms with E-state index in [1.807, 2.05) is 0 Å². The van der Waals surface area contributed by atoms with Crippen molar-refractivity contribution in [3.05, 3.63) is 36.5 Å². The second-order valence-corrected chi connectivity index (χ2v) is 15.5. The number of rotatable bonds is 39. The monoisotopic (exact) mass is 773 g/mol. The normalized spacial score (nSPS) is 14.3. The highest BCUT2D eigenvalue weighted by molar-refractivity contribution is 7.47. The molecule has 0 aromatic heterocycles. The minimum atomic E-state index is -4.62. The lowest BCUT2D eigenvalue weighted by molar-refractivity contribution is -0.161. The summed E-state index contributed by atoms with van der Waals surface area (Å²) in [6.45, 7) is 2.31. The van der Waals surface area contributed by atoms with Gasteiger partial charge in [-0.05, 0) is 64.2 Å². The first-order valence-corrected chi connectivity index (χ1v) is 22.4. The molecule has 0 aliphatic carbocycles. The van der Waals surface area contributed by atoms with Crippen LogP contribution in [0.25, 0.3) is 0 Å². The number of aliphatic hydroxyl groups is 2. The van der Waals surface area contributed by atoms with Gasteiger partial charge < -0.3 is 24.6 Å². The summed E-state index contributed by atoms with van der Waals surface area (Å²) >= 11 is 0. The van der Waals surface area contributed by atoms with Crippen molar-refractivity contribution in [1.29, 1.82) is 0 Å². The molecule has 1 unspecified atom stereocenters. The van der Waals surface area contributed by atoms with Crippen LogP contribution < -0.4 is 0 Å². The van der Waals surface area contributed by atoms with Gasteiger partial charge in [-0.25, -0.2) is 4.57 Å². The molecule has 0 rings (SSSR count). The molecule has 0 amide bonds. The average molecular weight is 773 g/mol. The first-order valence-electron chi connectivity index (χ1n) is 20.9. The van der Waals surface area contributed by atoms with E-state index < -0.39 is 51.8 Å². The van der Waals surface area contributed by atoms with Crippen LogP contribution in [0, 0.1) is 0 Å². The molecular formula is C42H77O10P. The number of allylic oxidation sites excluding steroid dienone is 6. The molecule has 3 atom stereocenters. The maximum Gasteiger partial charge on any atom is 0.472 e. The Bertz CT molecular complexity index is 983. The van der Waals surface area contributed by atoms with Crippen LogP contribution in [0.3, 0.4) is 0 Å². The number of unbranched alkanes of at least 4 members (excludes halogenated alkanes) is 19. The molecule has 3 N–H and O–H groups in total. The topological polar surface area (TPSA) is 149 Å². The van der Waals surface area contributed by atoms with Gasteiger partial charge in [0.15, 0.2) is 6.10 Å². The maximum atomic E-state index is 12.6. The number of phosphoric acid groups is 1. The molecule has 10 nitrogen and oxygen atoms in total. The van der Waals surface area contributed by atoms with Crippen molar-refractivity contribution in [2.45, 2.75) is 193 Å². The van der Waals surface area contributed by atoms with Crippen LogP contribution in [0.4, 0.5) is 0 Å². The maximum absolute atomic E-state index is 12.6. The van der Waals surface area contributed by atoms with E-state index in [2.05, 4.69) is 54.8 Å². The predicted octanol–water partition coefficient (Wildman–Crippen LogP) is 10.8. The number of esters is 2. The van der Waals surface area contributed by atoms with Gasteiger partial charge in [0.1, 0.15) is 12.7 Å². The van der Waals surface area contributed by atoms with Gasteiger partial charge in [0, 0.05) is 12.8 Å². The van der Waals surface area contributed by atoms with E-state index in [1.54, 1.807) is 0 Å². The molecule has 0 aliphatic rings. The summed E-state index contributed by atoms with van der Waals surface area (Å²) in [5.41, 5.74) is 0. The highest BCUT2D eigenvalue weighted by Gasteiger charge is 2.27. The molecule has 0 saturated carbocycles. The fourth-order valence-electron chi connectivity index (χ4n) is 5.47. The van der Waals surface area contributed by atoms with Gasteiger partial charge in [-0.3, -0.25) is 18.6 Å². The summed E-state index contributed by atoms with van der Waals surface area (Å²) in [5.74, 6) is -0.950. The van der Waals surface area contributed by atoms with E-state index in [1.165, 1.54) is 64.2 Å². The Morgan fingerprint density at radius 3 is 1.53 bits per heavy atom. The van der Waals surface area contributed by atoms with E-state index in [4.69, 9.17) is 19.1 Å². The third kappa shape index (κ3) is 38.3. The van der Waals surface area contributed by atoms with E-state index in [9.17, 15) is 24.2 Å². The van der Waals surface area contributed by atoms with Crippen molar-refractivity contribution in [3.63, 3.8) is 0 Å². The fraction of sp³-hybridized carbons (Fsp3) is 0.810. The standard InChI is InChI=1S/C42H77O10P/c1-3-5-7-9-11-13-15-17-19-20-22-23-25-27-29-31-33-41(45)49-37-40(38-51-53(47,48)50-36-39(44)35-43)52-42(46)34-32-30-28-26-24-21-18-16-14-12-10-8-6-4-2/h10,12,16,18-20,39-40,43-44H,3-9,11,13-15,17,21-38H2,1-2H3,(H,47,48)/b12-10-,18-16-,20-19-/t39-,40+/m0/s1. The van der Waals surface area contributed by atoms with Crippen LogP contribution >= 0.6 is 7.82 Å². The SMILES string of the molecule is CCCC/C=C\C/C=C\CCCCCCCC(=O)O[C@H](COC(=O)CCCCCCC/C=C\CCCCCCCCC)COP(=O)(O)OC[C@@H](O)CO. The minimum absolute atomic E-state index is 0.166. The lowest BCUT2D eigenvalue weighted by Crippen LogP contribution is -2.29. The Balaban J connectivity index is 4.34. The molecular weight excluding hydrogens is 695 g/mol. The molecule has 11 heteroatoms. The van der Waals surface area contributed by atoms with Gasteiger partial charge in [-0.2, -0.15) is 0 Å². The van der Waals surface area contributed by atoms with Crippen LogP contribution in [0.1, 0.15) is 181 Å². The van der Waals surface area contributed by atoms with E-state index >= 15 is 0 Å². The summed E-state index contributed by atoms with van der Waals surface area (Å²) in [7, 11) is -4.62. The van der Waals surface area contributed by atoms with Crippen LogP contribution in [0.5, 0.6) is 0 Å². The highest BCUT2D eigenvalue weighted by atomic mass is 31.2. The van der Waals surface area contributed by atoms with Crippen molar-refractivity contribution in [2.24, 2.45) is 0 Å². The summed E-state index contributed by atoms with van der Waals surface area (Å²) in [5, 5.41) is 18.3. The summed E-state index contributed by atoms with van der Waals surface area (Å²) < 4.78 is 32.6. The van der Waals surface area contributed by atoms with E-state index in [0.29, 0.717) is 12.8 Å². The van der Waals surface area contributed by atoms with Gasteiger partial charge in [0.05, 0.1) is 19.8 Å². The van der Waals surface area contributed by atoms with Crippen LogP contribution in [-0.2, 0) is 32.7 Å². The predicted molar refractivity (Wildman–Crippen MR) is 214 cm³/mol. The van der Waals surface area contributed by atoms with Crippen molar-refractivity contribution in [1.82, 2.24) is 0 Å². The second kappa shape index (κ2) is 38.5. The number of ether oxygens (including phenoxy) is 2. The zero-order valence-corrected chi connectivity index (χ0v) is 34.4. The van der Waals surface area contributed by atoms with Crippen LogP contribution in [0.15, 0.2) is 36.5 Å². The molecule has 0 aromatic carbocycles. The Hall–Kier alpha value is -1.81. The first-order chi connectivity index (χ1) is 25.7. The largest absolute Gasteiger partial charge is 0.472 e. The Kier molecular flexibility index (Phi) is 37.2. The molecule has 0 aliphatic heterocycles. The van der Waals surface area contributed by atoms with Gasteiger partial charge in [-0.15, -0.1) is 0 Å². The van der Waals surface area contributed by atoms with Gasteiger partial charge in [-0.1, -0.05) is 140 Å². The summed E-state index contributed by atoms with van der Waals surface area (Å²) in [6.07, 6.45) is 38.2. The molecule has 0 fully saturated rings. The quantitative estimate of drug-likeness (QED) is 0.0238. The number of carbonyl (C=O) groups excluding carboxylic acids is 2. The lowest BCUT2D eigenvalue weighted by atomic mass is 10.1. The van der Waals surface area contributed by atoms with Crippen molar-refractivity contribution >= 4 is 19.8 Å². The number of phosphoric ester groups is 1. The Labute approximate surface area is 322 Å². The zero-order chi connectivity index (χ0) is 39.1. The Morgan fingerprint density at radius 2 is 1.00 bits per heavy atom. The lowest BCUT2D eigenvalue weighted by Gasteiger charge is -2.20. The van der Waals surface area contributed by atoms with Gasteiger partial charge >= 0.3 is 19.8 Å². The number of hydrogen-bond acceptors (Lipinski definition) is 9. The van der Waals surface area contributed by atoms with E-state index in [-0.39, 0.29) is 19.4 Å². The Morgan fingerprint density at radius 1 is 0.566 bits per heavy atom. The van der Waals surface area contributed by atoms with Gasteiger partial charge in [0.25, 0.3) is 0 Å². The molecule has 0 aromatic rings. The average Bonchev–Trinajstić information content (AvgIpc) is 3.14. The highest BCUT2D eigenvalue weighted by Crippen LogP contribution is 2.43. The van der Waals surface area contributed by atoms with Crippen molar-refractivity contribution in [2.75, 3.05) is 26.4 Å². The number of aliphatic hydroxyl groups excluding tert-OH is 2. The number of hydrogen-bond donors (Lipinski definition) is 3. The third-order valence-corrected chi connectivity index (χ3v) is 9.72. The van der Waals surface area contributed by atoms with Crippen LogP contribution in [-0.4, -0.2) is 65.7 Å². The summed E-state index contributed by atoms with van der Waals surface area (Å²) in [4.78, 5) is 34.9. The van der Waals surface area contributed by atoms with Crippen LogP contribution in [0.2, 0.25) is 0 Å². The third-order valence-electron chi connectivity index (χ3n) is 8.77. The molecule has 0 saturated heterocycles. The van der Waals surface area contributed by atoms with Gasteiger partial charge in [0.2, 0.25) is 0 Å². The molecule has 0 heterocycles. The molecule has 310 valence electrons. The molecule has 53 heavy (non-hydrogen) atoms. The summed E-state index contributed by atoms with van der Waals surface area (Å²) in [6, 6.07) is 0. The fourth-order valence-corrected chi connectivity index (χ4v) is 6.26. The smallest absolute Gasteiger partial charge is 0.462 e. The number of carbonyl (C=O) groups is 2. The zero-order valence-electron chi connectivity index (χ0n) is 33.5. The molecule has 0 bridgehead atoms. The first kappa shape index (κ1) is 51.2. The van der Waals surface area contributed by atoms with E-state index in [0.717, 1.165) is 77.0 Å². The second-order valence-electron chi connectivity index (χ2n) is 14.0. The van der Waals surface area contributed by atoms with Crippen molar-refractivity contribution in [3.8, 4) is 0 Å². The minimum Gasteiger partial charge on any atom is -0.462 e. The van der Waals surface area contributed by atoms with Crippen molar-refractivity contribution < 1.29 is 47.8 Å². The molecule has 0 spiro atoms. The molecule has 0 radical (unpaired) electrons.